The zero-order chi connectivity index (χ0) is 20.4. The Morgan fingerprint density at radius 1 is 0.828 bits per heavy atom. The van der Waals surface area contributed by atoms with Gasteiger partial charge in [0.1, 0.15) is 60.6 Å². The standard InChI is InChI=1S/C22H25F2NO4/c23-15-3-7-19-13(9-15)1-5-21(28-19)17(26)11-25-12-18(27)22-6-2-14-10-16(24)4-8-20(14)29-22/h3-4,7-10,17-18,21-22,25-27H,1-2,5-6,11-12H2/p+1/t17-,18-,21-,22+/m0/s1. The van der Waals surface area contributed by atoms with Gasteiger partial charge < -0.3 is 25.0 Å². The lowest BCUT2D eigenvalue weighted by molar-refractivity contribution is -0.668. The average Bonchev–Trinajstić information content (AvgIpc) is 2.72. The third kappa shape index (κ3) is 4.69. The molecule has 0 spiro atoms. The van der Waals surface area contributed by atoms with Crippen molar-refractivity contribution in [2.45, 2.75) is 50.1 Å². The van der Waals surface area contributed by atoms with Crippen LogP contribution in [0.5, 0.6) is 11.5 Å². The van der Waals surface area contributed by atoms with Crippen molar-refractivity contribution < 1.29 is 33.8 Å². The molecule has 2 aliphatic heterocycles. The van der Waals surface area contributed by atoms with Crippen LogP contribution in [-0.4, -0.2) is 47.7 Å². The Balaban J connectivity index is 1.24. The summed E-state index contributed by atoms with van der Waals surface area (Å²) in [5, 5.41) is 22.8. The van der Waals surface area contributed by atoms with Gasteiger partial charge in [-0.1, -0.05) is 0 Å². The van der Waals surface area contributed by atoms with E-state index in [1.54, 1.807) is 12.1 Å². The number of rotatable bonds is 6. The number of ether oxygens (including phenoxy) is 2. The quantitative estimate of drug-likeness (QED) is 0.677. The third-order valence-corrected chi connectivity index (χ3v) is 5.67. The zero-order valence-corrected chi connectivity index (χ0v) is 16.1. The van der Waals surface area contributed by atoms with E-state index in [1.165, 1.54) is 24.3 Å². The molecule has 2 heterocycles. The van der Waals surface area contributed by atoms with Crippen molar-refractivity contribution in [3.63, 3.8) is 0 Å². The van der Waals surface area contributed by atoms with Gasteiger partial charge in [0.25, 0.3) is 0 Å². The van der Waals surface area contributed by atoms with Crippen LogP contribution in [0.15, 0.2) is 36.4 Å². The molecule has 0 aromatic heterocycles. The number of quaternary nitrogens is 1. The number of benzene rings is 2. The molecule has 0 radical (unpaired) electrons. The Morgan fingerprint density at radius 2 is 1.28 bits per heavy atom. The Kier molecular flexibility index (Phi) is 5.99. The van der Waals surface area contributed by atoms with Crippen molar-refractivity contribution in [1.82, 2.24) is 0 Å². The van der Waals surface area contributed by atoms with E-state index in [0.717, 1.165) is 11.1 Å². The van der Waals surface area contributed by atoms with Gasteiger partial charge in [0.15, 0.2) is 0 Å². The summed E-state index contributed by atoms with van der Waals surface area (Å²) in [6.45, 7) is 0.763. The molecule has 2 aromatic rings. The Morgan fingerprint density at radius 3 is 1.72 bits per heavy atom. The van der Waals surface area contributed by atoms with E-state index in [4.69, 9.17) is 9.47 Å². The van der Waals surface area contributed by atoms with Gasteiger partial charge in [-0.2, -0.15) is 0 Å². The van der Waals surface area contributed by atoms with E-state index in [1.807, 2.05) is 5.32 Å². The maximum Gasteiger partial charge on any atom is 0.139 e. The van der Waals surface area contributed by atoms with Crippen LogP contribution < -0.4 is 14.8 Å². The van der Waals surface area contributed by atoms with E-state index in [-0.39, 0.29) is 23.8 Å². The fourth-order valence-electron chi connectivity index (χ4n) is 4.04. The van der Waals surface area contributed by atoms with Crippen LogP contribution in [0, 0.1) is 11.6 Å². The monoisotopic (exact) mass is 406 g/mol. The summed E-state index contributed by atoms with van der Waals surface area (Å²) >= 11 is 0. The molecule has 2 aliphatic rings. The van der Waals surface area contributed by atoms with Crippen LogP contribution in [0.3, 0.4) is 0 Å². The van der Waals surface area contributed by atoms with Gasteiger partial charge in [-0.25, -0.2) is 8.78 Å². The lowest BCUT2D eigenvalue weighted by Gasteiger charge is -2.30. The maximum atomic E-state index is 13.3. The molecule has 0 amide bonds. The SMILES string of the molecule is O[C@@H](C[NH2+]C[C@H](O)[C@H]1CCc2cc(F)ccc2O1)[C@@H]1CCc2cc(F)ccc2O1. The second kappa shape index (κ2) is 8.65. The summed E-state index contributed by atoms with van der Waals surface area (Å²) in [5.41, 5.74) is 1.64. The van der Waals surface area contributed by atoms with Crippen molar-refractivity contribution in [2.24, 2.45) is 0 Å². The van der Waals surface area contributed by atoms with Crippen molar-refractivity contribution >= 4 is 0 Å². The van der Waals surface area contributed by atoms with Gasteiger partial charge in [-0.05, 0) is 73.2 Å². The summed E-state index contributed by atoms with van der Waals surface area (Å²) in [5.74, 6) is 0.664. The molecule has 7 heteroatoms. The minimum Gasteiger partial charge on any atom is -0.487 e. The lowest BCUT2D eigenvalue weighted by atomic mass is 9.98. The predicted molar refractivity (Wildman–Crippen MR) is 102 cm³/mol. The molecule has 0 saturated carbocycles. The molecule has 0 bridgehead atoms. The van der Waals surface area contributed by atoms with Crippen LogP contribution in [0.4, 0.5) is 8.78 Å². The molecule has 5 nitrogen and oxygen atoms in total. The molecular formula is C22H26F2NO4+. The van der Waals surface area contributed by atoms with Gasteiger partial charge in [0.05, 0.1) is 0 Å². The minimum absolute atomic E-state index is 0.286. The van der Waals surface area contributed by atoms with Gasteiger partial charge in [0.2, 0.25) is 0 Å². The molecule has 0 unspecified atom stereocenters. The first-order valence-corrected chi connectivity index (χ1v) is 10.1. The number of fused-ring (bicyclic) bond motifs is 2. The second-order valence-corrected chi connectivity index (χ2v) is 7.79. The van der Waals surface area contributed by atoms with Crippen LogP contribution >= 0.6 is 0 Å². The fraction of sp³-hybridized carbons (Fsp3) is 0.455. The van der Waals surface area contributed by atoms with Crippen LogP contribution in [0.1, 0.15) is 24.0 Å². The summed E-state index contributed by atoms with van der Waals surface area (Å²) in [7, 11) is 0. The van der Waals surface area contributed by atoms with Crippen molar-refractivity contribution in [3.8, 4) is 11.5 Å². The molecule has 4 N–H and O–H groups in total. The number of aliphatic hydroxyl groups is 2. The van der Waals surface area contributed by atoms with E-state index in [0.29, 0.717) is 50.3 Å². The Hall–Kier alpha value is -2.22. The number of nitrogens with two attached hydrogens (primary N) is 1. The molecule has 0 aliphatic carbocycles. The Bertz CT molecular complexity index is 793. The number of halogens is 2. The maximum absolute atomic E-state index is 13.3. The molecule has 4 atom stereocenters. The first-order chi connectivity index (χ1) is 14.0. The fourth-order valence-corrected chi connectivity index (χ4v) is 4.04. The number of aryl methyl sites for hydroxylation is 2. The van der Waals surface area contributed by atoms with Crippen LogP contribution in [0.25, 0.3) is 0 Å². The highest BCUT2D eigenvalue weighted by atomic mass is 19.1. The number of hydrogen-bond donors (Lipinski definition) is 3. The van der Waals surface area contributed by atoms with Crippen molar-refractivity contribution in [2.75, 3.05) is 13.1 Å². The highest BCUT2D eigenvalue weighted by Crippen LogP contribution is 2.30. The van der Waals surface area contributed by atoms with E-state index in [2.05, 4.69) is 0 Å². The first kappa shape index (κ1) is 20.1. The molecule has 4 rings (SSSR count). The van der Waals surface area contributed by atoms with Crippen LogP contribution in [0.2, 0.25) is 0 Å². The Labute approximate surface area is 168 Å². The molecule has 0 fully saturated rings. The van der Waals surface area contributed by atoms with Gasteiger partial charge in [-0.3, -0.25) is 0 Å². The normalized spacial score (nSPS) is 22.6. The van der Waals surface area contributed by atoms with E-state index >= 15 is 0 Å². The van der Waals surface area contributed by atoms with Crippen molar-refractivity contribution in [1.29, 1.82) is 0 Å². The molecular weight excluding hydrogens is 380 g/mol. The van der Waals surface area contributed by atoms with Crippen molar-refractivity contribution in [3.05, 3.63) is 59.2 Å². The summed E-state index contributed by atoms with van der Waals surface area (Å²) in [6.07, 6.45) is 0.455. The van der Waals surface area contributed by atoms with E-state index in [9.17, 15) is 19.0 Å². The number of hydrogen-bond acceptors (Lipinski definition) is 4. The molecule has 29 heavy (non-hydrogen) atoms. The smallest absolute Gasteiger partial charge is 0.139 e. The molecule has 156 valence electrons. The molecule has 0 saturated heterocycles. The predicted octanol–water partition coefficient (Wildman–Crippen LogP) is 1.34. The van der Waals surface area contributed by atoms with Gasteiger partial charge in [0, 0.05) is 0 Å². The highest BCUT2D eigenvalue weighted by molar-refractivity contribution is 5.36. The second-order valence-electron chi connectivity index (χ2n) is 7.79. The number of aliphatic hydroxyl groups excluding tert-OH is 2. The zero-order valence-electron chi connectivity index (χ0n) is 16.1. The topological polar surface area (TPSA) is 75.5 Å². The minimum atomic E-state index is -0.698. The third-order valence-electron chi connectivity index (χ3n) is 5.67. The van der Waals surface area contributed by atoms with Gasteiger partial charge in [-0.15, -0.1) is 0 Å². The highest BCUT2D eigenvalue weighted by Gasteiger charge is 2.30. The lowest BCUT2D eigenvalue weighted by Crippen LogP contribution is -2.89. The summed E-state index contributed by atoms with van der Waals surface area (Å²) in [4.78, 5) is 0. The average molecular weight is 406 g/mol. The summed E-state index contributed by atoms with van der Waals surface area (Å²) < 4.78 is 38.2. The van der Waals surface area contributed by atoms with E-state index < -0.39 is 12.2 Å². The first-order valence-electron chi connectivity index (χ1n) is 10.1. The molecule has 2 aromatic carbocycles. The van der Waals surface area contributed by atoms with Gasteiger partial charge >= 0.3 is 0 Å². The van der Waals surface area contributed by atoms with Crippen LogP contribution in [-0.2, 0) is 12.8 Å². The largest absolute Gasteiger partial charge is 0.487 e. The summed E-state index contributed by atoms with van der Waals surface area (Å²) in [6, 6.07) is 8.84.